The SMILES string of the molecule is CCNC(c1cc(Br)sc1C)c1csc2ccccc12. The lowest BCUT2D eigenvalue weighted by Gasteiger charge is -2.18. The minimum atomic E-state index is 0.277. The van der Waals surface area contributed by atoms with Crippen molar-refractivity contribution in [1.82, 2.24) is 5.32 Å². The van der Waals surface area contributed by atoms with E-state index in [9.17, 15) is 0 Å². The van der Waals surface area contributed by atoms with E-state index in [1.807, 2.05) is 11.3 Å². The fourth-order valence-corrected chi connectivity index (χ4v) is 5.29. The van der Waals surface area contributed by atoms with Crippen molar-refractivity contribution < 1.29 is 0 Å². The predicted molar refractivity (Wildman–Crippen MR) is 94.1 cm³/mol. The molecule has 0 radical (unpaired) electrons. The predicted octanol–water partition coefficient (Wildman–Crippen LogP) is 5.73. The van der Waals surface area contributed by atoms with Gasteiger partial charge in [-0.3, -0.25) is 0 Å². The summed E-state index contributed by atoms with van der Waals surface area (Å²) in [5.74, 6) is 0. The van der Waals surface area contributed by atoms with Gasteiger partial charge in [0.25, 0.3) is 0 Å². The summed E-state index contributed by atoms with van der Waals surface area (Å²) >= 11 is 7.24. The molecule has 104 valence electrons. The van der Waals surface area contributed by atoms with E-state index in [1.165, 1.54) is 29.9 Å². The molecule has 0 fully saturated rings. The van der Waals surface area contributed by atoms with Crippen LogP contribution in [0.4, 0.5) is 0 Å². The Morgan fingerprint density at radius 1 is 1.25 bits per heavy atom. The lowest BCUT2D eigenvalue weighted by molar-refractivity contribution is 0.635. The molecule has 2 heterocycles. The molecule has 3 rings (SSSR count). The van der Waals surface area contributed by atoms with Crippen LogP contribution < -0.4 is 5.32 Å². The van der Waals surface area contributed by atoms with Crippen molar-refractivity contribution >= 4 is 48.7 Å². The summed E-state index contributed by atoms with van der Waals surface area (Å²) in [6, 6.07) is 11.2. The van der Waals surface area contributed by atoms with Gasteiger partial charge in [-0.25, -0.2) is 0 Å². The molecule has 1 nitrogen and oxygen atoms in total. The topological polar surface area (TPSA) is 12.0 Å². The highest BCUT2D eigenvalue weighted by atomic mass is 79.9. The Morgan fingerprint density at radius 2 is 2.05 bits per heavy atom. The average molecular weight is 366 g/mol. The number of thiophene rings is 2. The standard InChI is InChI=1S/C16H16BrNS2/c1-3-18-16(12-8-15(17)20-10(12)2)13-9-19-14-7-5-4-6-11(13)14/h4-9,16,18H,3H2,1-2H3. The van der Waals surface area contributed by atoms with Crippen molar-refractivity contribution in [1.29, 1.82) is 0 Å². The van der Waals surface area contributed by atoms with E-state index in [-0.39, 0.29) is 6.04 Å². The fourth-order valence-electron chi connectivity index (χ4n) is 2.56. The van der Waals surface area contributed by atoms with Crippen LogP contribution in [0.5, 0.6) is 0 Å². The minimum Gasteiger partial charge on any atom is -0.306 e. The Balaban J connectivity index is 2.13. The van der Waals surface area contributed by atoms with E-state index in [0.717, 1.165) is 6.54 Å². The first-order valence-corrected chi connectivity index (χ1v) is 9.15. The van der Waals surface area contributed by atoms with Gasteiger partial charge >= 0.3 is 0 Å². The molecule has 0 amide bonds. The molecule has 1 atom stereocenters. The zero-order valence-electron chi connectivity index (χ0n) is 11.4. The van der Waals surface area contributed by atoms with Crippen molar-refractivity contribution in [2.75, 3.05) is 6.54 Å². The van der Waals surface area contributed by atoms with E-state index in [1.54, 1.807) is 11.3 Å². The van der Waals surface area contributed by atoms with E-state index in [0.29, 0.717) is 0 Å². The van der Waals surface area contributed by atoms with Gasteiger partial charge in [0, 0.05) is 9.58 Å². The van der Waals surface area contributed by atoms with Gasteiger partial charge < -0.3 is 5.32 Å². The fraction of sp³-hybridized carbons (Fsp3) is 0.250. The second-order valence-corrected chi connectivity index (χ2v) is 8.29. The molecule has 2 aromatic heterocycles. The van der Waals surface area contributed by atoms with Gasteiger partial charge in [0.1, 0.15) is 0 Å². The van der Waals surface area contributed by atoms with Gasteiger partial charge in [0.15, 0.2) is 0 Å². The summed E-state index contributed by atoms with van der Waals surface area (Å²) in [5.41, 5.74) is 2.77. The molecule has 1 aromatic carbocycles. The first kappa shape index (κ1) is 14.3. The van der Waals surface area contributed by atoms with Gasteiger partial charge in [-0.05, 0) is 63.4 Å². The Labute approximate surface area is 135 Å². The third kappa shape index (κ3) is 2.58. The lowest BCUT2D eigenvalue weighted by Crippen LogP contribution is -2.21. The first-order valence-electron chi connectivity index (χ1n) is 6.66. The molecular formula is C16H16BrNS2. The molecule has 0 aliphatic heterocycles. The highest BCUT2D eigenvalue weighted by Gasteiger charge is 2.20. The summed E-state index contributed by atoms with van der Waals surface area (Å²) in [4.78, 5) is 1.37. The molecule has 20 heavy (non-hydrogen) atoms. The number of hydrogen-bond donors (Lipinski definition) is 1. The first-order chi connectivity index (χ1) is 9.70. The largest absolute Gasteiger partial charge is 0.306 e. The van der Waals surface area contributed by atoms with Gasteiger partial charge in [-0.1, -0.05) is 25.1 Å². The Bertz CT molecular complexity index is 729. The molecule has 4 heteroatoms. The second kappa shape index (κ2) is 5.98. The zero-order valence-corrected chi connectivity index (χ0v) is 14.7. The molecule has 0 aliphatic carbocycles. The van der Waals surface area contributed by atoms with Crippen LogP contribution in [0.2, 0.25) is 0 Å². The minimum absolute atomic E-state index is 0.277. The maximum absolute atomic E-state index is 3.64. The number of aryl methyl sites for hydroxylation is 1. The van der Waals surface area contributed by atoms with Crippen LogP contribution in [0.25, 0.3) is 10.1 Å². The van der Waals surface area contributed by atoms with Crippen molar-refractivity contribution in [3.63, 3.8) is 0 Å². The molecule has 0 aliphatic rings. The van der Waals surface area contributed by atoms with Crippen molar-refractivity contribution in [3.05, 3.63) is 55.5 Å². The van der Waals surface area contributed by atoms with Crippen LogP contribution in [0.3, 0.4) is 0 Å². The Kier molecular flexibility index (Phi) is 4.26. The van der Waals surface area contributed by atoms with Gasteiger partial charge in [0.05, 0.1) is 9.83 Å². The van der Waals surface area contributed by atoms with Crippen LogP contribution in [-0.2, 0) is 0 Å². The van der Waals surface area contributed by atoms with Crippen molar-refractivity contribution in [2.45, 2.75) is 19.9 Å². The summed E-state index contributed by atoms with van der Waals surface area (Å²) in [7, 11) is 0. The van der Waals surface area contributed by atoms with E-state index in [4.69, 9.17) is 0 Å². The number of rotatable bonds is 4. The summed E-state index contributed by atoms with van der Waals surface area (Å²) in [6.45, 7) is 5.32. The van der Waals surface area contributed by atoms with E-state index in [2.05, 4.69) is 70.8 Å². The number of nitrogens with one attached hydrogen (secondary N) is 1. The van der Waals surface area contributed by atoms with E-state index < -0.39 is 0 Å². The smallest absolute Gasteiger partial charge is 0.0704 e. The van der Waals surface area contributed by atoms with Gasteiger partial charge in [-0.15, -0.1) is 22.7 Å². The second-order valence-electron chi connectivity index (χ2n) is 4.74. The van der Waals surface area contributed by atoms with Crippen LogP contribution in [0.15, 0.2) is 39.5 Å². The third-order valence-electron chi connectivity index (χ3n) is 3.47. The molecular weight excluding hydrogens is 350 g/mol. The lowest BCUT2D eigenvalue weighted by atomic mass is 9.99. The monoisotopic (exact) mass is 365 g/mol. The molecule has 3 aromatic rings. The highest BCUT2D eigenvalue weighted by molar-refractivity contribution is 9.11. The molecule has 0 saturated heterocycles. The molecule has 0 saturated carbocycles. The van der Waals surface area contributed by atoms with E-state index >= 15 is 0 Å². The maximum atomic E-state index is 3.64. The normalized spacial score (nSPS) is 12.9. The number of halogens is 1. The molecule has 0 spiro atoms. The van der Waals surface area contributed by atoms with Gasteiger partial charge in [-0.2, -0.15) is 0 Å². The number of benzene rings is 1. The van der Waals surface area contributed by atoms with Crippen molar-refractivity contribution in [2.24, 2.45) is 0 Å². The van der Waals surface area contributed by atoms with Crippen LogP contribution >= 0.6 is 38.6 Å². The highest BCUT2D eigenvalue weighted by Crippen LogP contribution is 2.38. The maximum Gasteiger partial charge on any atom is 0.0704 e. The Hall–Kier alpha value is -0.680. The average Bonchev–Trinajstić information content (AvgIpc) is 3.00. The quantitative estimate of drug-likeness (QED) is 0.622. The van der Waals surface area contributed by atoms with Crippen molar-refractivity contribution in [3.8, 4) is 0 Å². The summed E-state index contributed by atoms with van der Waals surface area (Å²) in [6.07, 6.45) is 0. The van der Waals surface area contributed by atoms with Crippen LogP contribution in [0, 0.1) is 6.92 Å². The van der Waals surface area contributed by atoms with Crippen LogP contribution in [-0.4, -0.2) is 6.54 Å². The molecule has 1 unspecified atom stereocenters. The molecule has 0 bridgehead atoms. The summed E-state index contributed by atoms with van der Waals surface area (Å²) < 4.78 is 2.56. The van der Waals surface area contributed by atoms with Gasteiger partial charge in [0.2, 0.25) is 0 Å². The Morgan fingerprint density at radius 3 is 2.75 bits per heavy atom. The third-order valence-corrected chi connectivity index (χ3v) is 6.02. The number of hydrogen-bond acceptors (Lipinski definition) is 3. The number of fused-ring (bicyclic) bond motifs is 1. The molecule has 1 N–H and O–H groups in total. The summed E-state index contributed by atoms with van der Waals surface area (Å²) in [5, 5.41) is 7.30. The van der Waals surface area contributed by atoms with Crippen LogP contribution in [0.1, 0.15) is 29.0 Å². The zero-order chi connectivity index (χ0) is 14.1.